The molecule has 3 N–H and O–H groups in total. The number of aliphatic hydroxyl groups excluding tert-OH is 1. The Labute approximate surface area is 257 Å². The van der Waals surface area contributed by atoms with E-state index < -0.39 is 34.6 Å². The zero-order valence-electron chi connectivity index (χ0n) is 24.6. The van der Waals surface area contributed by atoms with Crippen molar-refractivity contribution >= 4 is 29.5 Å². The number of allylic oxidation sites excluding steroid dienone is 3. The molecule has 1 amide bonds. The molecule has 12 heteroatoms. The number of benzene rings is 3. The maximum atomic E-state index is 13.3. The van der Waals surface area contributed by atoms with E-state index >= 15 is 0 Å². The Hall–Kier alpha value is -5.70. The summed E-state index contributed by atoms with van der Waals surface area (Å²) < 4.78 is 56.2. The number of methoxy groups -OCH3 is 2. The van der Waals surface area contributed by atoms with Crippen molar-refractivity contribution in [2.45, 2.75) is 25.6 Å². The maximum absolute atomic E-state index is 13.3. The highest BCUT2D eigenvalue weighted by atomic mass is 19.4. The van der Waals surface area contributed by atoms with Crippen LogP contribution >= 0.6 is 0 Å². The number of anilines is 1. The van der Waals surface area contributed by atoms with Crippen LogP contribution in [0.5, 0.6) is 23.0 Å². The van der Waals surface area contributed by atoms with Crippen LogP contribution in [0.2, 0.25) is 0 Å². The Bertz CT molecular complexity index is 1720. The third-order valence-corrected chi connectivity index (χ3v) is 6.18. The summed E-state index contributed by atoms with van der Waals surface area (Å²) in [5, 5.41) is 31.2. The number of alkyl halides is 3. The van der Waals surface area contributed by atoms with Crippen LogP contribution in [0.3, 0.4) is 0 Å². The molecule has 0 spiro atoms. The van der Waals surface area contributed by atoms with Crippen LogP contribution in [0.1, 0.15) is 36.1 Å². The van der Waals surface area contributed by atoms with Crippen molar-refractivity contribution in [3.05, 3.63) is 101 Å². The van der Waals surface area contributed by atoms with Crippen molar-refractivity contribution < 1.29 is 47.2 Å². The number of hydrogen-bond donors (Lipinski definition) is 3. The maximum Gasteiger partial charge on any atom is 0.417 e. The number of nitrogens with zero attached hydrogens (tertiary/aromatic N) is 1. The zero-order valence-corrected chi connectivity index (χ0v) is 24.6. The summed E-state index contributed by atoms with van der Waals surface area (Å²) >= 11 is 0. The molecule has 0 saturated heterocycles. The number of phenolic OH excluding ortho intramolecular Hbond substituents is 1. The van der Waals surface area contributed by atoms with Gasteiger partial charge in [-0.25, -0.2) is 0 Å². The minimum absolute atomic E-state index is 0.0419. The van der Waals surface area contributed by atoms with Gasteiger partial charge < -0.3 is 29.7 Å². The first-order chi connectivity index (χ1) is 21.2. The van der Waals surface area contributed by atoms with E-state index in [-0.39, 0.29) is 34.4 Å². The number of nitriles is 1. The number of amides is 1. The zero-order chi connectivity index (χ0) is 33.4. The molecule has 9 nitrogen and oxygen atoms in total. The van der Waals surface area contributed by atoms with Gasteiger partial charge >= 0.3 is 6.18 Å². The summed E-state index contributed by atoms with van der Waals surface area (Å²) in [5.74, 6) is -1.03. The van der Waals surface area contributed by atoms with Gasteiger partial charge in [0.15, 0.2) is 34.4 Å². The predicted octanol–water partition coefficient (Wildman–Crippen LogP) is 6.83. The molecule has 0 fully saturated rings. The van der Waals surface area contributed by atoms with Gasteiger partial charge in [-0.15, -0.1) is 0 Å². The van der Waals surface area contributed by atoms with Crippen LogP contribution in [0.4, 0.5) is 18.9 Å². The first-order valence-corrected chi connectivity index (χ1v) is 13.1. The Morgan fingerprint density at radius 2 is 1.51 bits per heavy atom. The predicted molar refractivity (Wildman–Crippen MR) is 161 cm³/mol. The number of aromatic hydroxyl groups is 1. The van der Waals surface area contributed by atoms with Crippen LogP contribution in [-0.2, 0) is 15.8 Å². The highest BCUT2D eigenvalue weighted by Crippen LogP contribution is 2.35. The fourth-order valence-corrected chi connectivity index (χ4v) is 3.83. The summed E-state index contributed by atoms with van der Waals surface area (Å²) in [5.41, 5.74) is -2.35. The molecule has 45 heavy (non-hydrogen) atoms. The lowest BCUT2D eigenvalue weighted by Gasteiger charge is -2.26. The number of aliphatic hydroxyl groups is 1. The molecule has 0 atom stereocenters. The van der Waals surface area contributed by atoms with Crippen molar-refractivity contribution in [3.63, 3.8) is 0 Å². The van der Waals surface area contributed by atoms with E-state index in [4.69, 9.17) is 19.5 Å². The first kappa shape index (κ1) is 33.8. The normalized spacial score (nSPS) is 12.2. The number of phenols is 1. The summed E-state index contributed by atoms with van der Waals surface area (Å²) in [6, 6.07) is 13.5. The number of ether oxygens (including phenoxy) is 3. The molecule has 3 aromatic rings. The van der Waals surface area contributed by atoms with Gasteiger partial charge in [0, 0.05) is 11.8 Å². The molecular weight excluding hydrogens is 593 g/mol. The Balaban J connectivity index is 1.69. The van der Waals surface area contributed by atoms with E-state index in [0.717, 1.165) is 12.1 Å². The summed E-state index contributed by atoms with van der Waals surface area (Å²) in [4.78, 5) is 25.2. The minimum atomic E-state index is -4.79. The topological polar surface area (TPSA) is 138 Å². The van der Waals surface area contributed by atoms with Gasteiger partial charge in [0.2, 0.25) is 0 Å². The molecular formula is C33H29F3N2O7. The van der Waals surface area contributed by atoms with Crippen LogP contribution in [0.15, 0.2) is 78.6 Å². The number of nitrogens with one attached hydrogen (secondary N) is 1. The number of halogens is 3. The molecule has 0 radical (unpaired) electrons. The second-order valence-electron chi connectivity index (χ2n) is 9.92. The quantitative estimate of drug-likeness (QED) is 0.120. The first-order valence-electron chi connectivity index (χ1n) is 13.1. The summed E-state index contributed by atoms with van der Waals surface area (Å²) in [6.45, 7) is 2.83. The average Bonchev–Trinajstić information content (AvgIpc) is 2.99. The smallest absolute Gasteiger partial charge is 0.417 e. The summed E-state index contributed by atoms with van der Waals surface area (Å²) in [6.07, 6.45) is 1.74. The average molecular weight is 623 g/mol. The van der Waals surface area contributed by atoms with Crippen molar-refractivity contribution in [1.29, 1.82) is 5.26 Å². The fourth-order valence-electron chi connectivity index (χ4n) is 3.83. The monoisotopic (exact) mass is 622 g/mol. The fraction of sp³-hybridized carbons (Fsp3) is 0.182. The third-order valence-electron chi connectivity index (χ3n) is 6.18. The van der Waals surface area contributed by atoms with Crippen molar-refractivity contribution in [1.82, 2.24) is 0 Å². The highest BCUT2D eigenvalue weighted by Gasteiger charge is 2.35. The molecule has 234 valence electrons. The van der Waals surface area contributed by atoms with E-state index in [0.29, 0.717) is 17.2 Å². The van der Waals surface area contributed by atoms with Crippen LogP contribution in [0, 0.1) is 11.3 Å². The standard InChI is InChI=1S/C33H29F3N2O7/c1-32(2,31(42)38-23-10-9-22(19-37)26(17-23)33(34,35)36)45-28-14-8-21(16-30(28)44-4)6-12-25(40)18-24(39)11-5-20-7-13-27(41)29(15-20)43-3/h5-18,40-41H,1-4H3,(H,38,42)/b11-5+,12-6+,25-18-. The number of carbonyl (C=O) groups excluding carboxylic acids is 2. The molecule has 0 aliphatic heterocycles. The lowest BCUT2D eigenvalue weighted by Crippen LogP contribution is -2.42. The highest BCUT2D eigenvalue weighted by molar-refractivity contribution is 6.02. The van der Waals surface area contributed by atoms with E-state index in [1.807, 2.05) is 0 Å². The molecule has 0 aromatic heterocycles. The molecule has 0 saturated carbocycles. The van der Waals surface area contributed by atoms with Crippen molar-refractivity contribution in [3.8, 4) is 29.1 Å². The van der Waals surface area contributed by atoms with E-state index in [9.17, 15) is 33.0 Å². The second-order valence-corrected chi connectivity index (χ2v) is 9.92. The van der Waals surface area contributed by atoms with Crippen molar-refractivity contribution in [2.24, 2.45) is 0 Å². The Kier molecular flexibility index (Phi) is 10.7. The number of hydrogen-bond acceptors (Lipinski definition) is 8. The van der Waals surface area contributed by atoms with Gasteiger partial charge in [-0.05, 0) is 79.6 Å². The molecule has 0 bridgehead atoms. The van der Waals surface area contributed by atoms with Gasteiger partial charge in [-0.1, -0.05) is 24.3 Å². The van der Waals surface area contributed by atoms with Crippen molar-refractivity contribution in [2.75, 3.05) is 19.5 Å². The number of carbonyl (C=O) groups is 2. The van der Waals surface area contributed by atoms with Gasteiger partial charge in [0.05, 0.1) is 31.4 Å². The van der Waals surface area contributed by atoms with E-state index in [2.05, 4.69) is 5.32 Å². The third kappa shape index (κ3) is 9.14. The lowest BCUT2D eigenvalue weighted by atomic mass is 10.1. The number of rotatable bonds is 11. The number of ketones is 1. The van der Waals surface area contributed by atoms with E-state index in [1.54, 1.807) is 24.3 Å². The Morgan fingerprint density at radius 3 is 2.13 bits per heavy atom. The molecule has 0 heterocycles. The van der Waals surface area contributed by atoms with E-state index in [1.165, 1.54) is 76.6 Å². The van der Waals surface area contributed by atoms with Gasteiger partial charge in [-0.3, -0.25) is 9.59 Å². The largest absolute Gasteiger partial charge is 0.508 e. The lowest BCUT2D eigenvalue weighted by molar-refractivity contribution is -0.137. The van der Waals surface area contributed by atoms with Crippen LogP contribution < -0.4 is 19.5 Å². The molecule has 0 unspecified atom stereocenters. The molecule has 3 rings (SSSR count). The second kappa shape index (κ2) is 14.2. The van der Waals surface area contributed by atoms with Gasteiger partial charge in [0.1, 0.15) is 5.76 Å². The SMILES string of the molecule is COc1cc(/C=C/C(=O)/C=C(O)/C=C/c2ccc(OC(C)(C)C(=O)Nc3ccc(C#N)c(C(F)(F)F)c3)c(OC)c2)ccc1O. The van der Waals surface area contributed by atoms with Crippen LogP contribution in [-0.4, -0.2) is 41.7 Å². The van der Waals surface area contributed by atoms with Gasteiger partial charge in [-0.2, -0.15) is 18.4 Å². The molecule has 0 aliphatic rings. The Morgan fingerprint density at radius 1 is 0.889 bits per heavy atom. The van der Waals surface area contributed by atoms with Crippen LogP contribution in [0.25, 0.3) is 12.2 Å². The molecule has 0 aliphatic carbocycles. The minimum Gasteiger partial charge on any atom is -0.508 e. The molecule has 3 aromatic carbocycles. The van der Waals surface area contributed by atoms with Gasteiger partial charge in [0.25, 0.3) is 5.91 Å². The summed E-state index contributed by atoms with van der Waals surface area (Å²) in [7, 11) is 2.77.